The smallest absolute Gasteiger partial charge is 0.333 e. The van der Waals surface area contributed by atoms with Crippen LogP contribution in [-0.4, -0.2) is 12.6 Å². The molecule has 0 spiro atoms. The molecule has 90 valence electrons. The van der Waals surface area contributed by atoms with Gasteiger partial charge in [-0.25, -0.2) is 4.79 Å². The Labute approximate surface area is 103 Å². The van der Waals surface area contributed by atoms with E-state index in [1.165, 1.54) is 0 Å². The highest BCUT2D eigenvalue weighted by atomic mass is 16.5. The highest BCUT2D eigenvalue weighted by Gasteiger charge is 2.05. The molecule has 0 aromatic heterocycles. The van der Waals surface area contributed by atoms with Crippen molar-refractivity contribution >= 4 is 12.0 Å². The first kappa shape index (κ1) is 13.2. The van der Waals surface area contributed by atoms with E-state index in [9.17, 15) is 4.79 Å². The quantitative estimate of drug-likeness (QED) is 0.439. The molecule has 0 fully saturated rings. The van der Waals surface area contributed by atoms with Crippen LogP contribution >= 0.6 is 0 Å². The van der Waals surface area contributed by atoms with Gasteiger partial charge in [0.1, 0.15) is 0 Å². The summed E-state index contributed by atoms with van der Waals surface area (Å²) in [5, 5.41) is 0. The molecule has 1 aromatic carbocycles. The molecular weight excluding hydrogens is 212 g/mol. The fraction of sp³-hybridized carbons (Fsp3) is 0.267. The number of esters is 1. The van der Waals surface area contributed by atoms with Gasteiger partial charge in [-0.3, -0.25) is 0 Å². The van der Waals surface area contributed by atoms with Gasteiger partial charge in [-0.1, -0.05) is 55.5 Å². The molecule has 0 atom stereocenters. The van der Waals surface area contributed by atoms with E-state index >= 15 is 0 Å². The Morgan fingerprint density at radius 1 is 1.24 bits per heavy atom. The average molecular weight is 230 g/mol. The standard InChI is InChI=1S/C15H18O2/c1-3-14(15(16)17-4-2)12-8-11-13-9-6-5-7-10-13/h5-12H,3-4H2,1-2H3. The van der Waals surface area contributed by atoms with Gasteiger partial charge in [0.25, 0.3) is 0 Å². The van der Waals surface area contributed by atoms with Crippen molar-refractivity contribution in [2.24, 2.45) is 0 Å². The fourth-order valence-electron chi connectivity index (χ4n) is 1.39. The number of ether oxygens (including phenoxy) is 1. The van der Waals surface area contributed by atoms with Crippen LogP contribution in [0.5, 0.6) is 0 Å². The number of carbonyl (C=O) groups is 1. The van der Waals surface area contributed by atoms with E-state index < -0.39 is 0 Å². The molecule has 0 radical (unpaired) electrons. The van der Waals surface area contributed by atoms with Gasteiger partial charge >= 0.3 is 5.97 Å². The molecule has 0 aliphatic heterocycles. The Kier molecular flexibility index (Phi) is 5.80. The largest absolute Gasteiger partial charge is 0.463 e. The molecule has 2 nitrogen and oxygen atoms in total. The third-order valence-electron chi connectivity index (χ3n) is 2.30. The topological polar surface area (TPSA) is 26.3 Å². The summed E-state index contributed by atoms with van der Waals surface area (Å²) >= 11 is 0. The first-order valence-electron chi connectivity index (χ1n) is 5.87. The normalized spacial score (nSPS) is 11.8. The van der Waals surface area contributed by atoms with E-state index in [0.29, 0.717) is 18.6 Å². The van der Waals surface area contributed by atoms with E-state index in [1.807, 2.05) is 62.4 Å². The second-order valence-corrected chi connectivity index (χ2v) is 3.54. The Bertz CT molecular complexity index is 402. The molecule has 0 aliphatic carbocycles. The van der Waals surface area contributed by atoms with Crippen molar-refractivity contribution in [2.75, 3.05) is 6.61 Å². The minimum absolute atomic E-state index is 0.229. The average Bonchev–Trinajstić information content (AvgIpc) is 2.36. The van der Waals surface area contributed by atoms with Crippen LogP contribution < -0.4 is 0 Å². The summed E-state index contributed by atoms with van der Waals surface area (Å²) in [5.74, 6) is -0.229. The summed E-state index contributed by atoms with van der Waals surface area (Å²) in [6, 6.07) is 9.97. The Balaban J connectivity index is 2.67. The summed E-state index contributed by atoms with van der Waals surface area (Å²) in [6.45, 7) is 4.17. The SMILES string of the molecule is CCOC(=O)C(=CC=Cc1ccccc1)CC. The van der Waals surface area contributed by atoms with Gasteiger partial charge in [0.05, 0.1) is 6.61 Å². The van der Waals surface area contributed by atoms with Crippen LogP contribution in [0.3, 0.4) is 0 Å². The Hall–Kier alpha value is -1.83. The van der Waals surface area contributed by atoms with Crippen LogP contribution in [0.4, 0.5) is 0 Å². The van der Waals surface area contributed by atoms with Gasteiger partial charge in [0, 0.05) is 5.57 Å². The maximum absolute atomic E-state index is 11.5. The number of rotatable bonds is 5. The lowest BCUT2D eigenvalue weighted by atomic mass is 10.1. The summed E-state index contributed by atoms with van der Waals surface area (Å²) in [6.07, 6.45) is 6.34. The number of hydrogen-bond donors (Lipinski definition) is 0. The van der Waals surface area contributed by atoms with E-state index in [1.54, 1.807) is 0 Å². The van der Waals surface area contributed by atoms with Crippen molar-refractivity contribution < 1.29 is 9.53 Å². The molecule has 0 N–H and O–H groups in total. The van der Waals surface area contributed by atoms with Crippen LogP contribution in [0.15, 0.2) is 48.1 Å². The number of allylic oxidation sites excluding steroid dienone is 2. The number of carbonyl (C=O) groups excluding carboxylic acids is 1. The molecule has 2 heteroatoms. The van der Waals surface area contributed by atoms with Crippen LogP contribution in [0.1, 0.15) is 25.8 Å². The molecule has 0 heterocycles. The van der Waals surface area contributed by atoms with E-state index in [0.717, 1.165) is 5.56 Å². The fourth-order valence-corrected chi connectivity index (χ4v) is 1.39. The zero-order valence-electron chi connectivity index (χ0n) is 10.3. The highest BCUT2D eigenvalue weighted by Crippen LogP contribution is 2.06. The molecule has 0 saturated carbocycles. The van der Waals surface area contributed by atoms with E-state index in [-0.39, 0.29) is 5.97 Å². The first-order chi connectivity index (χ1) is 8.27. The monoisotopic (exact) mass is 230 g/mol. The van der Waals surface area contributed by atoms with Crippen LogP contribution in [0.2, 0.25) is 0 Å². The molecule has 17 heavy (non-hydrogen) atoms. The molecular formula is C15H18O2. The maximum atomic E-state index is 11.5. The number of benzene rings is 1. The van der Waals surface area contributed by atoms with Gasteiger partial charge in [-0.15, -0.1) is 0 Å². The first-order valence-corrected chi connectivity index (χ1v) is 5.87. The molecule has 0 bridgehead atoms. The van der Waals surface area contributed by atoms with E-state index in [4.69, 9.17) is 4.74 Å². The molecule has 0 unspecified atom stereocenters. The van der Waals surface area contributed by atoms with E-state index in [2.05, 4.69) is 0 Å². The summed E-state index contributed by atoms with van der Waals surface area (Å²) < 4.78 is 4.96. The predicted octanol–water partition coefficient (Wildman–Crippen LogP) is 3.60. The summed E-state index contributed by atoms with van der Waals surface area (Å²) in [7, 11) is 0. The Morgan fingerprint density at radius 3 is 2.53 bits per heavy atom. The predicted molar refractivity (Wildman–Crippen MR) is 70.5 cm³/mol. The van der Waals surface area contributed by atoms with Crippen LogP contribution in [-0.2, 0) is 9.53 Å². The zero-order valence-corrected chi connectivity index (χ0v) is 10.3. The van der Waals surface area contributed by atoms with Gasteiger partial charge in [0.2, 0.25) is 0 Å². The highest BCUT2D eigenvalue weighted by molar-refractivity contribution is 5.88. The zero-order chi connectivity index (χ0) is 12.5. The second-order valence-electron chi connectivity index (χ2n) is 3.54. The molecule has 1 aromatic rings. The third-order valence-corrected chi connectivity index (χ3v) is 2.30. The molecule has 1 rings (SSSR count). The lowest BCUT2D eigenvalue weighted by Gasteiger charge is -2.02. The van der Waals surface area contributed by atoms with Crippen molar-refractivity contribution in [3.8, 4) is 0 Å². The minimum Gasteiger partial charge on any atom is -0.463 e. The van der Waals surface area contributed by atoms with Crippen LogP contribution in [0.25, 0.3) is 6.08 Å². The summed E-state index contributed by atoms with van der Waals surface area (Å²) in [4.78, 5) is 11.5. The summed E-state index contributed by atoms with van der Waals surface area (Å²) in [5.41, 5.74) is 1.81. The van der Waals surface area contributed by atoms with Crippen LogP contribution in [0, 0.1) is 0 Å². The van der Waals surface area contributed by atoms with Crippen molar-refractivity contribution in [3.05, 3.63) is 53.6 Å². The van der Waals surface area contributed by atoms with Gasteiger partial charge < -0.3 is 4.74 Å². The van der Waals surface area contributed by atoms with Crippen molar-refractivity contribution in [2.45, 2.75) is 20.3 Å². The lowest BCUT2D eigenvalue weighted by Crippen LogP contribution is -2.06. The van der Waals surface area contributed by atoms with Gasteiger partial charge in [-0.05, 0) is 18.9 Å². The molecule has 0 aliphatic rings. The third kappa shape index (κ3) is 4.68. The Morgan fingerprint density at radius 2 is 1.94 bits per heavy atom. The van der Waals surface area contributed by atoms with Crippen molar-refractivity contribution in [3.63, 3.8) is 0 Å². The molecule has 0 amide bonds. The minimum atomic E-state index is -0.229. The lowest BCUT2D eigenvalue weighted by molar-refractivity contribution is -0.138. The van der Waals surface area contributed by atoms with Gasteiger partial charge in [-0.2, -0.15) is 0 Å². The second kappa shape index (κ2) is 7.44. The number of hydrogen-bond acceptors (Lipinski definition) is 2. The van der Waals surface area contributed by atoms with Crippen molar-refractivity contribution in [1.82, 2.24) is 0 Å². The van der Waals surface area contributed by atoms with Crippen molar-refractivity contribution in [1.29, 1.82) is 0 Å². The maximum Gasteiger partial charge on any atom is 0.333 e. The molecule has 0 saturated heterocycles. The van der Waals surface area contributed by atoms with Gasteiger partial charge in [0.15, 0.2) is 0 Å².